The molecule has 3 N–H and O–H groups in total. The van der Waals surface area contributed by atoms with Crippen LogP contribution in [-0.2, 0) is 14.3 Å². The number of hydrogen-bond donors (Lipinski definition) is 3. The smallest absolute Gasteiger partial charge is 0.305 e. The normalized spacial score (nSPS) is 12.7. The highest BCUT2D eigenvalue weighted by Crippen LogP contribution is 2.19. The first-order chi connectivity index (χ1) is 40.5. The van der Waals surface area contributed by atoms with Crippen LogP contribution in [0.5, 0.6) is 0 Å². The van der Waals surface area contributed by atoms with E-state index >= 15 is 0 Å². The van der Waals surface area contributed by atoms with Crippen molar-refractivity contribution in [3.8, 4) is 0 Å². The molecule has 0 aliphatic rings. The highest BCUT2D eigenvalue weighted by atomic mass is 16.5. The minimum atomic E-state index is -0.671. The Balaban J connectivity index is 3.43. The van der Waals surface area contributed by atoms with Crippen LogP contribution in [0.3, 0.4) is 0 Å². The Morgan fingerprint density at radius 1 is 0.341 bits per heavy atom. The van der Waals surface area contributed by atoms with Gasteiger partial charge >= 0.3 is 5.97 Å². The van der Waals surface area contributed by atoms with E-state index in [-0.39, 0.29) is 18.5 Å². The number of unbranched alkanes of at least 4 members (excludes halogenated alkanes) is 53. The van der Waals surface area contributed by atoms with Gasteiger partial charge in [0.05, 0.1) is 25.4 Å². The van der Waals surface area contributed by atoms with Crippen LogP contribution in [0.1, 0.15) is 412 Å². The summed E-state index contributed by atoms with van der Waals surface area (Å²) in [6, 6.07) is -0.548. The molecule has 82 heavy (non-hydrogen) atoms. The van der Waals surface area contributed by atoms with Crippen molar-refractivity contribution >= 4 is 11.9 Å². The van der Waals surface area contributed by atoms with Crippen molar-refractivity contribution in [2.45, 2.75) is 424 Å². The van der Waals surface area contributed by atoms with Gasteiger partial charge in [0, 0.05) is 12.8 Å². The first kappa shape index (κ1) is 80.1. The summed E-state index contributed by atoms with van der Waals surface area (Å²) in [4.78, 5) is 24.6. The third-order valence-corrected chi connectivity index (χ3v) is 17.4. The molecule has 0 rings (SSSR count). The molecule has 2 unspecified atom stereocenters. The summed E-state index contributed by atoms with van der Waals surface area (Å²) < 4.78 is 5.49. The monoisotopic (exact) mass is 1150 g/mol. The number of amides is 1. The molecule has 0 saturated carbocycles. The van der Waals surface area contributed by atoms with Crippen molar-refractivity contribution in [2.24, 2.45) is 0 Å². The van der Waals surface area contributed by atoms with Gasteiger partial charge in [0.1, 0.15) is 0 Å². The van der Waals surface area contributed by atoms with Crippen LogP contribution < -0.4 is 5.32 Å². The van der Waals surface area contributed by atoms with Gasteiger partial charge in [-0.3, -0.25) is 9.59 Å². The van der Waals surface area contributed by atoms with E-state index in [4.69, 9.17) is 4.74 Å². The fraction of sp³-hybridized carbons (Fsp3) is 0.895. The maximum absolute atomic E-state index is 12.6. The van der Waals surface area contributed by atoms with Crippen molar-refractivity contribution in [3.05, 3.63) is 36.5 Å². The average molecular weight is 1150 g/mol. The summed E-state index contributed by atoms with van der Waals surface area (Å²) in [7, 11) is 0. The molecule has 484 valence electrons. The second kappa shape index (κ2) is 71.6. The van der Waals surface area contributed by atoms with E-state index in [2.05, 4.69) is 55.6 Å². The fourth-order valence-corrected chi connectivity index (χ4v) is 11.7. The Kier molecular flexibility index (Phi) is 69.9. The summed E-state index contributed by atoms with van der Waals surface area (Å²) in [5.74, 6) is -0.0342. The molecule has 6 heteroatoms. The van der Waals surface area contributed by atoms with Gasteiger partial charge in [-0.25, -0.2) is 0 Å². The summed E-state index contributed by atoms with van der Waals surface area (Å²) in [6.45, 7) is 4.98. The predicted molar refractivity (Wildman–Crippen MR) is 361 cm³/mol. The molecule has 1 amide bonds. The van der Waals surface area contributed by atoms with E-state index in [1.54, 1.807) is 0 Å². The maximum Gasteiger partial charge on any atom is 0.305 e. The molecule has 2 atom stereocenters. The molecule has 6 nitrogen and oxygen atoms in total. The third-order valence-electron chi connectivity index (χ3n) is 17.4. The van der Waals surface area contributed by atoms with Crippen molar-refractivity contribution in [1.82, 2.24) is 5.32 Å². The second-order valence-electron chi connectivity index (χ2n) is 25.6. The Morgan fingerprint density at radius 3 is 0.939 bits per heavy atom. The highest BCUT2D eigenvalue weighted by Gasteiger charge is 2.20. The van der Waals surface area contributed by atoms with Crippen molar-refractivity contribution in [1.29, 1.82) is 0 Å². The van der Waals surface area contributed by atoms with Crippen LogP contribution in [-0.4, -0.2) is 47.4 Å². The zero-order chi connectivity index (χ0) is 59.2. The predicted octanol–water partition coefficient (Wildman–Crippen LogP) is 24.3. The first-order valence-electron chi connectivity index (χ1n) is 37.2. The van der Waals surface area contributed by atoms with Crippen LogP contribution in [0.4, 0.5) is 0 Å². The Bertz CT molecular complexity index is 1330. The Hall–Kier alpha value is -1.92. The molecule has 0 heterocycles. The Morgan fingerprint density at radius 2 is 0.610 bits per heavy atom. The van der Waals surface area contributed by atoms with Crippen LogP contribution in [0.15, 0.2) is 36.5 Å². The molecule has 0 aliphatic heterocycles. The van der Waals surface area contributed by atoms with Gasteiger partial charge in [-0.2, -0.15) is 0 Å². The van der Waals surface area contributed by atoms with Gasteiger partial charge in [0.15, 0.2) is 0 Å². The minimum Gasteiger partial charge on any atom is -0.466 e. The van der Waals surface area contributed by atoms with Crippen LogP contribution >= 0.6 is 0 Å². The number of allylic oxidation sites excluding steroid dienone is 6. The number of aliphatic hydroxyl groups excluding tert-OH is 2. The van der Waals surface area contributed by atoms with E-state index in [1.165, 1.54) is 327 Å². The summed E-state index contributed by atoms with van der Waals surface area (Å²) >= 11 is 0. The van der Waals surface area contributed by atoms with Crippen molar-refractivity contribution < 1.29 is 24.5 Å². The highest BCUT2D eigenvalue weighted by molar-refractivity contribution is 5.76. The molecular weight excluding hydrogens is 1010 g/mol. The maximum atomic E-state index is 12.6. The summed E-state index contributed by atoms with van der Waals surface area (Å²) in [5, 5.41) is 23.5. The largest absolute Gasteiger partial charge is 0.466 e. The molecule has 0 spiro atoms. The number of esters is 1. The van der Waals surface area contributed by atoms with Crippen LogP contribution in [0.25, 0.3) is 0 Å². The molecular formula is C76H145NO5. The van der Waals surface area contributed by atoms with Gasteiger partial charge in [-0.15, -0.1) is 0 Å². The van der Waals surface area contributed by atoms with Crippen LogP contribution in [0, 0.1) is 0 Å². The second-order valence-corrected chi connectivity index (χ2v) is 25.6. The molecule has 0 bridgehead atoms. The van der Waals surface area contributed by atoms with Gasteiger partial charge in [0.2, 0.25) is 5.91 Å². The number of carbonyl (C=O) groups excluding carboxylic acids is 2. The molecule has 0 aliphatic carbocycles. The third kappa shape index (κ3) is 67.2. The topological polar surface area (TPSA) is 95.9 Å². The van der Waals surface area contributed by atoms with E-state index in [0.717, 1.165) is 51.4 Å². The summed E-state index contributed by atoms with van der Waals surface area (Å²) in [6.07, 6.45) is 92.0. The molecule has 0 radical (unpaired) electrons. The lowest BCUT2D eigenvalue weighted by Gasteiger charge is -2.22. The van der Waals surface area contributed by atoms with Gasteiger partial charge in [-0.05, 0) is 83.5 Å². The Labute approximate surface area is 513 Å². The SMILES string of the molecule is CCCCCCCCC/C=C\CCCCCCCC(=O)OCCCCCCCCCCC/C=C\C/C=C\CCCCCCCCCCCC(=O)NC(CO)C(O)CCCCCCCCCCCCCCCCCCCCCCCCCC. The van der Waals surface area contributed by atoms with Crippen molar-refractivity contribution in [3.63, 3.8) is 0 Å². The standard InChI is InChI=1S/C76H145NO5/c1-3-5-7-9-11-13-15-17-19-21-22-23-24-28-31-34-37-40-44-48-52-56-60-64-68-74(79)73(72-78)77-75(80)69-65-61-57-53-49-45-41-38-35-32-29-26-25-27-30-33-36-39-43-47-51-55-59-63-67-71-82-76(81)70-66-62-58-54-50-46-42-20-18-16-14-12-10-8-6-4-2/h20,26-27,29-30,42,73-74,78-79H,3-19,21-25,28,31-41,43-72H2,1-2H3,(H,77,80)/b29-26-,30-27-,42-20-. The van der Waals surface area contributed by atoms with E-state index < -0.39 is 12.1 Å². The molecule has 0 fully saturated rings. The number of nitrogens with one attached hydrogen (secondary N) is 1. The minimum absolute atomic E-state index is 0.00241. The number of aliphatic hydroxyl groups is 2. The van der Waals surface area contributed by atoms with Gasteiger partial charge < -0.3 is 20.3 Å². The lowest BCUT2D eigenvalue weighted by molar-refractivity contribution is -0.143. The van der Waals surface area contributed by atoms with Gasteiger partial charge in [-0.1, -0.05) is 352 Å². The van der Waals surface area contributed by atoms with Crippen molar-refractivity contribution in [2.75, 3.05) is 13.2 Å². The van der Waals surface area contributed by atoms with E-state index in [1.807, 2.05) is 0 Å². The molecule has 0 aromatic heterocycles. The first-order valence-corrected chi connectivity index (χ1v) is 37.2. The lowest BCUT2D eigenvalue weighted by Crippen LogP contribution is -2.45. The zero-order valence-electron chi connectivity index (χ0n) is 55.5. The summed E-state index contributed by atoms with van der Waals surface area (Å²) in [5.41, 5.74) is 0. The number of hydrogen-bond acceptors (Lipinski definition) is 5. The van der Waals surface area contributed by atoms with E-state index in [0.29, 0.717) is 25.9 Å². The fourth-order valence-electron chi connectivity index (χ4n) is 11.7. The molecule has 0 saturated heterocycles. The number of ether oxygens (including phenoxy) is 1. The molecule has 0 aromatic rings. The lowest BCUT2D eigenvalue weighted by atomic mass is 10.0. The average Bonchev–Trinajstić information content (AvgIpc) is 3.48. The molecule has 0 aromatic carbocycles. The quantitative estimate of drug-likeness (QED) is 0.0320. The van der Waals surface area contributed by atoms with E-state index in [9.17, 15) is 19.8 Å². The number of carbonyl (C=O) groups is 2. The van der Waals surface area contributed by atoms with Gasteiger partial charge in [0.25, 0.3) is 0 Å². The van der Waals surface area contributed by atoms with Crippen LogP contribution in [0.2, 0.25) is 0 Å². The number of rotatable bonds is 70. The zero-order valence-corrected chi connectivity index (χ0v) is 55.5.